The number of aliphatic hydroxyl groups excluding tert-OH is 1. The lowest BCUT2D eigenvalue weighted by molar-refractivity contribution is 0.111. The highest BCUT2D eigenvalue weighted by Crippen LogP contribution is 2.43. The number of nitrogens with two attached hydrogens (primary N) is 1. The summed E-state index contributed by atoms with van der Waals surface area (Å²) in [6, 6.07) is -0.765. The molecule has 7 heteroatoms. The zero-order valence-corrected chi connectivity index (χ0v) is 19.0. The van der Waals surface area contributed by atoms with Gasteiger partial charge in [-0.05, 0) is 19.3 Å². The Morgan fingerprint density at radius 3 is 1.96 bits per heavy atom. The van der Waals surface area contributed by atoms with Crippen LogP contribution in [0.4, 0.5) is 0 Å². The molecule has 6 nitrogen and oxygen atoms in total. The molecular formula is C21H44NO5P. The second-order valence-electron chi connectivity index (χ2n) is 7.50. The van der Waals surface area contributed by atoms with Gasteiger partial charge in [0.2, 0.25) is 0 Å². The van der Waals surface area contributed by atoms with Crippen LogP contribution < -0.4 is 5.73 Å². The standard InChI is InChI=1S/C21H44NO5P/c1-3-5-6-7-8-9-10-11-12-13-14-15-16-17-21(23)20(22)19-27-28(24,25)26-18-4-2/h16-17,20-21,23H,3-15,18-19,22H2,1-2H3,(H,24,25)/b17-16+/t20-,21+/m0/s1. The lowest BCUT2D eigenvalue weighted by atomic mass is 10.0. The molecule has 0 aliphatic rings. The van der Waals surface area contributed by atoms with E-state index in [1.807, 2.05) is 13.0 Å². The molecule has 3 atom stereocenters. The van der Waals surface area contributed by atoms with E-state index < -0.39 is 20.0 Å². The molecule has 0 bridgehead atoms. The Kier molecular flexibility index (Phi) is 18.6. The zero-order chi connectivity index (χ0) is 21.1. The average Bonchev–Trinajstić information content (AvgIpc) is 2.68. The third-order valence-corrected chi connectivity index (χ3v) is 5.62. The van der Waals surface area contributed by atoms with Gasteiger partial charge in [-0.3, -0.25) is 9.05 Å². The molecule has 0 aromatic heterocycles. The smallest absolute Gasteiger partial charge is 0.387 e. The summed E-state index contributed by atoms with van der Waals surface area (Å²) in [7, 11) is -4.08. The molecule has 28 heavy (non-hydrogen) atoms. The van der Waals surface area contributed by atoms with Crippen LogP contribution in [0.1, 0.15) is 97.3 Å². The van der Waals surface area contributed by atoms with Crippen molar-refractivity contribution in [3.8, 4) is 0 Å². The van der Waals surface area contributed by atoms with E-state index in [0.717, 1.165) is 12.8 Å². The van der Waals surface area contributed by atoms with E-state index in [1.54, 1.807) is 6.08 Å². The zero-order valence-electron chi connectivity index (χ0n) is 18.1. The Balaban J connectivity index is 3.61. The van der Waals surface area contributed by atoms with Gasteiger partial charge >= 0.3 is 7.82 Å². The van der Waals surface area contributed by atoms with Gasteiger partial charge in [0.1, 0.15) is 0 Å². The largest absolute Gasteiger partial charge is 0.472 e. The van der Waals surface area contributed by atoms with Crippen molar-refractivity contribution < 1.29 is 23.6 Å². The maximum Gasteiger partial charge on any atom is 0.472 e. The third kappa shape index (κ3) is 17.8. The average molecular weight is 422 g/mol. The summed E-state index contributed by atoms with van der Waals surface area (Å²) >= 11 is 0. The van der Waals surface area contributed by atoms with Crippen LogP contribution >= 0.6 is 7.82 Å². The number of hydrogen-bond acceptors (Lipinski definition) is 5. The molecule has 0 saturated carbocycles. The third-order valence-electron chi connectivity index (χ3n) is 4.63. The molecule has 0 radical (unpaired) electrons. The molecule has 0 spiro atoms. The van der Waals surface area contributed by atoms with E-state index in [-0.39, 0.29) is 13.2 Å². The van der Waals surface area contributed by atoms with E-state index in [9.17, 15) is 14.6 Å². The van der Waals surface area contributed by atoms with Crippen molar-refractivity contribution >= 4 is 7.82 Å². The summed E-state index contributed by atoms with van der Waals surface area (Å²) in [4.78, 5) is 9.43. The predicted molar refractivity (Wildman–Crippen MR) is 116 cm³/mol. The highest BCUT2D eigenvalue weighted by Gasteiger charge is 2.23. The van der Waals surface area contributed by atoms with Crippen molar-refractivity contribution in [1.82, 2.24) is 0 Å². The molecule has 0 aromatic rings. The van der Waals surface area contributed by atoms with Crippen LogP contribution in [0.25, 0.3) is 0 Å². The normalized spacial score (nSPS) is 16.3. The van der Waals surface area contributed by atoms with Crippen molar-refractivity contribution in [3.05, 3.63) is 12.2 Å². The highest BCUT2D eigenvalue weighted by atomic mass is 31.2. The van der Waals surface area contributed by atoms with Gasteiger partial charge in [0.25, 0.3) is 0 Å². The molecule has 0 heterocycles. The van der Waals surface area contributed by atoms with E-state index in [4.69, 9.17) is 14.8 Å². The van der Waals surface area contributed by atoms with E-state index in [0.29, 0.717) is 6.42 Å². The summed E-state index contributed by atoms with van der Waals surface area (Å²) in [5.41, 5.74) is 5.79. The lowest BCUT2D eigenvalue weighted by Crippen LogP contribution is -2.37. The molecule has 0 amide bonds. The van der Waals surface area contributed by atoms with E-state index in [1.165, 1.54) is 64.2 Å². The van der Waals surface area contributed by atoms with Crippen molar-refractivity contribution in [2.24, 2.45) is 5.73 Å². The van der Waals surface area contributed by atoms with Gasteiger partial charge in [0.05, 0.1) is 25.4 Å². The van der Waals surface area contributed by atoms with Crippen LogP contribution in [0.3, 0.4) is 0 Å². The number of aliphatic hydroxyl groups is 1. The van der Waals surface area contributed by atoms with Gasteiger partial charge in [0.15, 0.2) is 0 Å². The molecule has 168 valence electrons. The summed E-state index contributed by atoms with van der Waals surface area (Å²) in [6.07, 6.45) is 18.6. The number of rotatable bonds is 20. The van der Waals surface area contributed by atoms with Gasteiger partial charge in [-0.25, -0.2) is 4.57 Å². The molecule has 4 N–H and O–H groups in total. The minimum atomic E-state index is -4.08. The van der Waals surface area contributed by atoms with E-state index in [2.05, 4.69) is 6.92 Å². The number of phosphoric ester groups is 1. The predicted octanol–water partition coefficient (Wildman–Crippen LogP) is 5.48. The van der Waals surface area contributed by atoms with E-state index >= 15 is 0 Å². The Morgan fingerprint density at radius 2 is 1.43 bits per heavy atom. The molecule has 0 aliphatic heterocycles. The first kappa shape index (κ1) is 27.8. The van der Waals surface area contributed by atoms with Gasteiger partial charge in [-0.2, -0.15) is 0 Å². The molecule has 0 saturated heterocycles. The molecular weight excluding hydrogens is 377 g/mol. The summed E-state index contributed by atoms with van der Waals surface area (Å²) in [5.74, 6) is 0. The number of unbranched alkanes of at least 4 members (excludes halogenated alkanes) is 11. The Bertz CT molecular complexity index is 420. The van der Waals surface area contributed by atoms with Gasteiger partial charge in [0, 0.05) is 0 Å². The Morgan fingerprint density at radius 1 is 0.893 bits per heavy atom. The minimum Gasteiger partial charge on any atom is -0.387 e. The monoisotopic (exact) mass is 421 g/mol. The quantitative estimate of drug-likeness (QED) is 0.137. The van der Waals surface area contributed by atoms with Crippen LogP contribution in [-0.2, 0) is 13.6 Å². The topological polar surface area (TPSA) is 102 Å². The summed E-state index contributed by atoms with van der Waals surface area (Å²) in [5, 5.41) is 9.96. The molecule has 0 rings (SSSR count). The van der Waals surface area contributed by atoms with Crippen molar-refractivity contribution in [3.63, 3.8) is 0 Å². The number of hydrogen-bond donors (Lipinski definition) is 3. The lowest BCUT2D eigenvalue weighted by Gasteiger charge is -2.18. The first-order valence-electron chi connectivity index (χ1n) is 11.1. The highest BCUT2D eigenvalue weighted by molar-refractivity contribution is 7.47. The van der Waals surface area contributed by atoms with Crippen LogP contribution in [0.5, 0.6) is 0 Å². The minimum absolute atomic E-state index is 0.143. The van der Waals surface area contributed by atoms with Crippen molar-refractivity contribution in [2.45, 2.75) is 109 Å². The first-order chi connectivity index (χ1) is 13.4. The van der Waals surface area contributed by atoms with Crippen molar-refractivity contribution in [1.29, 1.82) is 0 Å². The molecule has 0 aliphatic carbocycles. The second-order valence-corrected chi connectivity index (χ2v) is 8.96. The molecule has 0 fully saturated rings. The maximum atomic E-state index is 11.5. The molecule has 1 unspecified atom stereocenters. The van der Waals surface area contributed by atoms with Crippen LogP contribution in [0.2, 0.25) is 0 Å². The Labute approximate surface area is 172 Å². The first-order valence-corrected chi connectivity index (χ1v) is 12.6. The summed E-state index contributed by atoms with van der Waals surface area (Å²) < 4.78 is 21.1. The van der Waals surface area contributed by atoms with Gasteiger partial charge in [-0.15, -0.1) is 0 Å². The fraction of sp³-hybridized carbons (Fsp3) is 0.905. The number of allylic oxidation sites excluding steroid dienone is 1. The fourth-order valence-corrected chi connectivity index (χ4v) is 3.68. The van der Waals surface area contributed by atoms with Crippen molar-refractivity contribution in [2.75, 3.05) is 13.2 Å². The maximum absolute atomic E-state index is 11.5. The van der Waals surface area contributed by atoms with Crippen LogP contribution in [-0.4, -0.2) is 35.4 Å². The van der Waals surface area contributed by atoms with Gasteiger partial charge in [-0.1, -0.05) is 90.2 Å². The fourth-order valence-electron chi connectivity index (χ4n) is 2.83. The summed E-state index contributed by atoms with van der Waals surface area (Å²) in [6.45, 7) is 3.99. The Hall–Kier alpha value is -0.230. The van der Waals surface area contributed by atoms with Crippen LogP contribution in [0, 0.1) is 0 Å². The second kappa shape index (κ2) is 18.8. The van der Waals surface area contributed by atoms with Crippen LogP contribution in [0.15, 0.2) is 12.2 Å². The number of phosphoric acid groups is 1. The van der Waals surface area contributed by atoms with Gasteiger partial charge < -0.3 is 15.7 Å². The SMILES string of the molecule is CCCCCCCCCCCCC/C=C/[C@@H](O)[C@@H](N)COP(=O)(O)OCCC. The molecule has 0 aromatic carbocycles.